The Balaban J connectivity index is 1.86. The molecule has 1 heterocycles. The highest BCUT2D eigenvalue weighted by Crippen LogP contribution is 2.38. The molecule has 0 saturated heterocycles. The summed E-state index contributed by atoms with van der Waals surface area (Å²) in [5.74, 6) is -0.626. The molecular formula is C20H14BrClF3NO3S. The molecule has 0 radical (unpaired) electrons. The molecule has 0 bridgehead atoms. The van der Waals surface area contributed by atoms with Gasteiger partial charge in [-0.3, -0.25) is 9.79 Å². The molecule has 2 aromatic rings. The normalized spacial score (nSPS) is 14.1. The van der Waals surface area contributed by atoms with Crippen LogP contribution in [0.15, 0.2) is 51.4 Å². The predicted octanol–water partition coefficient (Wildman–Crippen LogP) is 6.70. The van der Waals surface area contributed by atoms with Gasteiger partial charge in [0.2, 0.25) is 0 Å². The molecular weight excluding hydrogens is 507 g/mol. The number of aliphatic hydroxyl groups is 1. The monoisotopic (exact) mass is 519 g/mol. The van der Waals surface area contributed by atoms with E-state index in [2.05, 4.69) is 25.7 Å². The number of Topliss-reactive ketones (excluding diaryl/α,β-unsaturated/α-hetero) is 1. The molecule has 0 fully saturated rings. The van der Waals surface area contributed by atoms with Crippen LogP contribution >= 0.6 is 39.3 Å². The van der Waals surface area contributed by atoms with Gasteiger partial charge in [0.25, 0.3) is 0 Å². The fourth-order valence-corrected chi connectivity index (χ4v) is 4.59. The highest BCUT2D eigenvalue weighted by atomic mass is 79.9. The molecule has 4 nitrogen and oxygen atoms in total. The number of hydrogen-bond donors (Lipinski definition) is 1. The van der Waals surface area contributed by atoms with Gasteiger partial charge < -0.3 is 9.84 Å². The molecule has 3 rings (SSSR count). The van der Waals surface area contributed by atoms with Crippen molar-refractivity contribution in [1.29, 1.82) is 0 Å². The predicted molar refractivity (Wildman–Crippen MR) is 115 cm³/mol. The van der Waals surface area contributed by atoms with Crippen LogP contribution in [0.2, 0.25) is 5.02 Å². The Morgan fingerprint density at radius 3 is 2.53 bits per heavy atom. The molecule has 10 heteroatoms. The Labute approximate surface area is 187 Å². The fraction of sp³-hybridized carbons (Fsp3) is 0.200. The van der Waals surface area contributed by atoms with E-state index < -0.39 is 6.36 Å². The molecule has 0 amide bonds. The van der Waals surface area contributed by atoms with E-state index in [1.54, 1.807) is 12.1 Å². The number of benzene rings is 2. The third kappa shape index (κ3) is 5.19. The highest BCUT2D eigenvalue weighted by Gasteiger charge is 2.31. The summed E-state index contributed by atoms with van der Waals surface area (Å²) in [5.41, 5.74) is 1.75. The molecule has 0 aliphatic carbocycles. The molecule has 0 atom stereocenters. The lowest BCUT2D eigenvalue weighted by Crippen LogP contribution is -2.17. The summed E-state index contributed by atoms with van der Waals surface area (Å²) < 4.78 is 41.4. The molecule has 0 aromatic heterocycles. The van der Waals surface area contributed by atoms with Crippen LogP contribution in [0.1, 0.15) is 23.6 Å². The number of aliphatic hydroxyl groups excluding tert-OH is 1. The number of thioether (sulfide) groups is 1. The number of ether oxygens (including phenoxy) is 1. The maximum atomic E-state index is 12.3. The Morgan fingerprint density at radius 1 is 1.27 bits per heavy atom. The summed E-state index contributed by atoms with van der Waals surface area (Å²) in [7, 11) is 0. The minimum Gasteiger partial charge on any atom is -0.506 e. The van der Waals surface area contributed by atoms with Gasteiger partial charge in [-0.25, -0.2) is 0 Å². The Morgan fingerprint density at radius 2 is 1.93 bits per heavy atom. The minimum atomic E-state index is -4.76. The smallest absolute Gasteiger partial charge is 0.506 e. The van der Waals surface area contributed by atoms with Crippen LogP contribution in [0, 0.1) is 0 Å². The number of ketones is 1. The first-order chi connectivity index (χ1) is 14.1. The third-order valence-corrected chi connectivity index (χ3v) is 6.30. The summed E-state index contributed by atoms with van der Waals surface area (Å²) in [6.07, 6.45) is -4.76. The Bertz CT molecular complexity index is 1050. The lowest BCUT2D eigenvalue weighted by atomic mass is 10.0. The maximum absolute atomic E-state index is 12.3. The van der Waals surface area contributed by atoms with Gasteiger partial charge in [-0.2, -0.15) is 0 Å². The van der Waals surface area contributed by atoms with Gasteiger partial charge in [-0.1, -0.05) is 39.7 Å². The van der Waals surface area contributed by atoms with Gasteiger partial charge in [0.15, 0.2) is 5.78 Å². The van der Waals surface area contributed by atoms with Crippen molar-refractivity contribution in [1.82, 2.24) is 0 Å². The number of carbonyl (C=O) groups is 1. The Kier molecular flexibility index (Phi) is 6.84. The molecule has 0 saturated carbocycles. The molecule has 1 aliphatic rings. The summed E-state index contributed by atoms with van der Waals surface area (Å²) in [6.45, 7) is 1.51. The quantitative estimate of drug-likeness (QED) is 0.487. The number of hydrogen-bond acceptors (Lipinski definition) is 5. The summed E-state index contributed by atoms with van der Waals surface area (Å²) in [5, 5.41) is 11.5. The van der Waals surface area contributed by atoms with Gasteiger partial charge in [0.05, 0.1) is 17.1 Å². The number of carbonyl (C=O) groups excluding carboxylic acids is 1. The van der Waals surface area contributed by atoms with E-state index in [1.807, 2.05) is 0 Å². The van der Waals surface area contributed by atoms with Crippen molar-refractivity contribution in [3.8, 4) is 5.75 Å². The van der Waals surface area contributed by atoms with Gasteiger partial charge in [-0.15, -0.1) is 24.9 Å². The van der Waals surface area contributed by atoms with Crippen molar-refractivity contribution in [2.75, 3.05) is 0 Å². The number of rotatable bonds is 4. The highest BCUT2D eigenvalue weighted by molar-refractivity contribution is 9.10. The molecule has 158 valence electrons. The largest absolute Gasteiger partial charge is 0.573 e. The lowest BCUT2D eigenvalue weighted by Gasteiger charge is -2.12. The minimum absolute atomic E-state index is 0.0516. The summed E-state index contributed by atoms with van der Waals surface area (Å²) >= 11 is 10.9. The zero-order chi connectivity index (χ0) is 22.1. The number of aliphatic imine (C=N–C) groups is 1. The molecule has 1 N–H and O–H groups in total. The summed E-state index contributed by atoms with van der Waals surface area (Å²) in [6, 6.07) is 8.75. The molecule has 2 aromatic carbocycles. The van der Waals surface area contributed by atoms with Crippen LogP contribution in [-0.2, 0) is 17.1 Å². The number of nitrogens with zero attached hydrogens (tertiary/aromatic N) is 1. The lowest BCUT2D eigenvalue weighted by molar-refractivity contribution is -0.274. The molecule has 0 spiro atoms. The number of fused-ring (bicyclic) bond motifs is 1. The second-order valence-electron chi connectivity index (χ2n) is 6.26. The Hall–Kier alpha value is -1.97. The first-order valence-electron chi connectivity index (χ1n) is 8.50. The fourth-order valence-electron chi connectivity index (χ4n) is 2.83. The van der Waals surface area contributed by atoms with Crippen molar-refractivity contribution in [3.05, 3.63) is 68.2 Å². The van der Waals surface area contributed by atoms with Crippen LogP contribution in [0.4, 0.5) is 13.2 Å². The van der Waals surface area contributed by atoms with Crippen molar-refractivity contribution < 1.29 is 27.8 Å². The van der Waals surface area contributed by atoms with E-state index in [1.165, 1.54) is 43.0 Å². The van der Waals surface area contributed by atoms with Crippen LogP contribution in [0.25, 0.3) is 5.76 Å². The molecule has 0 unspecified atom stereocenters. The summed E-state index contributed by atoms with van der Waals surface area (Å²) in [4.78, 5) is 16.8. The molecule has 1 aliphatic heterocycles. The van der Waals surface area contributed by atoms with Crippen molar-refractivity contribution >= 4 is 55.9 Å². The van der Waals surface area contributed by atoms with Gasteiger partial charge >= 0.3 is 6.36 Å². The zero-order valence-corrected chi connectivity index (χ0v) is 18.5. The van der Waals surface area contributed by atoms with E-state index in [9.17, 15) is 23.1 Å². The first kappa shape index (κ1) is 22.7. The van der Waals surface area contributed by atoms with E-state index in [4.69, 9.17) is 11.6 Å². The van der Waals surface area contributed by atoms with Crippen LogP contribution in [0.5, 0.6) is 5.75 Å². The maximum Gasteiger partial charge on any atom is 0.573 e. The van der Waals surface area contributed by atoms with Gasteiger partial charge in [-0.05, 0) is 36.8 Å². The number of halogens is 5. The van der Waals surface area contributed by atoms with Crippen molar-refractivity contribution in [2.45, 2.75) is 25.6 Å². The van der Waals surface area contributed by atoms with E-state index in [0.717, 1.165) is 0 Å². The second kappa shape index (κ2) is 9.03. The van der Waals surface area contributed by atoms with Gasteiger partial charge in [0.1, 0.15) is 16.6 Å². The van der Waals surface area contributed by atoms with Crippen molar-refractivity contribution in [2.24, 2.45) is 4.99 Å². The molecule has 30 heavy (non-hydrogen) atoms. The van der Waals surface area contributed by atoms with Crippen LogP contribution in [0.3, 0.4) is 0 Å². The van der Waals surface area contributed by atoms with E-state index in [-0.39, 0.29) is 29.4 Å². The standard InChI is InChI=1S/C20H14BrClF3NO3S/c1-10(27)16-18(28)17-13(14(21)6-7-15(17)22)8-26-19(16)30-9-11-2-4-12(5-3-11)29-20(23,24)25/h2-7,28H,8-9H2,1H3. The van der Waals surface area contributed by atoms with Crippen LogP contribution in [-0.4, -0.2) is 22.3 Å². The average molecular weight is 521 g/mol. The topological polar surface area (TPSA) is 58.9 Å². The SMILES string of the molecule is CC(=O)C1=C(O)c2c(Cl)ccc(Br)c2CN=C1SCc1ccc(OC(F)(F)F)cc1. The third-order valence-electron chi connectivity index (χ3n) is 4.16. The van der Waals surface area contributed by atoms with Gasteiger partial charge in [0, 0.05) is 21.4 Å². The van der Waals surface area contributed by atoms with Crippen molar-refractivity contribution in [3.63, 3.8) is 0 Å². The van der Waals surface area contributed by atoms with E-state index >= 15 is 0 Å². The first-order valence-corrected chi connectivity index (χ1v) is 10.7. The number of alkyl halides is 3. The second-order valence-corrected chi connectivity index (χ2v) is 8.49. The van der Waals surface area contributed by atoms with Crippen LogP contribution < -0.4 is 4.74 Å². The van der Waals surface area contributed by atoms with E-state index in [0.29, 0.717) is 37.0 Å². The zero-order valence-electron chi connectivity index (χ0n) is 15.4. The average Bonchev–Trinajstić information content (AvgIpc) is 2.80.